The number of carbonyl (C=O) groups is 2. The number of rotatable bonds is 7. The van der Waals surface area contributed by atoms with Crippen molar-refractivity contribution in [2.24, 2.45) is 5.92 Å². The summed E-state index contributed by atoms with van der Waals surface area (Å²) in [6.45, 7) is 6.92. The second-order valence-corrected chi connectivity index (χ2v) is 8.20. The summed E-state index contributed by atoms with van der Waals surface area (Å²) in [6, 6.07) is 14.3. The molecule has 2 amide bonds. The third kappa shape index (κ3) is 4.34. The van der Waals surface area contributed by atoms with Crippen LogP contribution in [0, 0.1) is 5.92 Å². The Morgan fingerprint density at radius 2 is 1.69 bits per heavy atom. The molecular weight excluding hydrogens is 408 g/mol. The molecular formula is C25H28N2O5. The lowest BCUT2D eigenvalue weighted by Crippen LogP contribution is -2.40. The van der Waals surface area contributed by atoms with Crippen molar-refractivity contribution in [3.63, 3.8) is 0 Å². The number of anilines is 1. The highest BCUT2D eigenvalue weighted by Gasteiger charge is 2.42. The van der Waals surface area contributed by atoms with Crippen molar-refractivity contribution in [2.75, 3.05) is 44.9 Å². The van der Waals surface area contributed by atoms with Gasteiger partial charge in [-0.3, -0.25) is 9.59 Å². The van der Waals surface area contributed by atoms with Gasteiger partial charge in [0.2, 0.25) is 0 Å². The van der Waals surface area contributed by atoms with E-state index in [9.17, 15) is 9.59 Å². The minimum absolute atomic E-state index is 0.333. The zero-order chi connectivity index (χ0) is 22.7. The van der Waals surface area contributed by atoms with Crippen LogP contribution in [0.5, 0.6) is 11.5 Å². The first-order chi connectivity index (χ1) is 15.5. The number of benzene rings is 2. The van der Waals surface area contributed by atoms with Gasteiger partial charge in [0.25, 0.3) is 11.8 Å². The molecule has 0 aromatic heterocycles. The third-order valence-electron chi connectivity index (χ3n) is 5.42. The van der Waals surface area contributed by atoms with Gasteiger partial charge in [0.15, 0.2) is 0 Å². The molecule has 7 nitrogen and oxygen atoms in total. The largest absolute Gasteiger partial charge is 0.497 e. The Bertz CT molecular complexity index is 1020. The van der Waals surface area contributed by atoms with Gasteiger partial charge in [0.1, 0.15) is 17.2 Å². The standard InChI is InChI=1S/C25H28N2O5/c1-17(2)16-32-20-9-7-18(8-10-20)22-23(26-11-13-31-14-12-26)25(29)27(24(22)28)19-5-4-6-21(15-19)30-3/h4-10,15,17H,11-14,16H2,1-3H3. The summed E-state index contributed by atoms with van der Waals surface area (Å²) >= 11 is 0. The van der Waals surface area contributed by atoms with E-state index < -0.39 is 0 Å². The van der Waals surface area contributed by atoms with E-state index in [2.05, 4.69) is 13.8 Å². The smallest absolute Gasteiger partial charge is 0.282 e. The first-order valence-corrected chi connectivity index (χ1v) is 10.8. The summed E-state index contributed by atoms with van der Waals surface area (Å²) in [5, 5.41) is 0. The van der Waals surface area contributed by atoms with Crippen molar-refractivity contribution in [2.45, 2.75) is 13.8 Å². The van der Waals surface area contributed by atoms with E-state index in [4.69, 9.17) is 14.2 Å². The van der Waals surface area contributed by atoms with Gasteiger partial charge in [-0.15, -0.1) is 0 Å². The highest BCUT2D eigenvalue weighted by Crippen LogP contribution is 2.36. The second kappa shape index (κ2) is 9.44. The number of amides is 2. The Balaban J connectivity index is 1.72. The van der Waals surface area contributed by atoms with Crippen LogP contribution in [0.25, 0.3) is 5.57 Å². The molecule has 0 saturated carbocycles. The summed E-state index contributed by atoms with van der Waals surface area (Å²) < 4.78 is 16.5. The van der Waals surface area contributed by atoms with Crippen LogP contribution in [0.4, 0.5) is 5.69 Å². The molecule has 1 fully saturated rings. The lowest BCUT2D eigenvalue weighted by Gasteiger charge is -2.29. The van der Waals surface area contributed by atoms with Crippen LogP contribution in [0.2, 0.25) is 0 Å². The van der Waals surface area contributed by atoms with Gasteiger partial charge in [-0.05, 0) is 35.7 Å². The van der Waals surface area contributed by atoms with Crippen LogP contribution >= 0.6 is 0 Å². The molecule has 4 rings (SSSR count). The van der Waals surface area contributed by atoms with Crippen molar-refractivity contribution in [3.8, 4) is 11.5 Å². The second-order valence-electron chi connectivity index (χ2n) is 8.20. The molecule has 0 N–H and O–H groups in total. The lowest BCUT2D eigenvalue weighted by atomic mass is 10.0. The van der Waals surface area contributed by atoms with Crippen molar-refractivity contribution in [1.82, 2.24) is 4.90 Å². The van der Waals surface area contributed by atoms with E-state index in [1.165, 1.54) is 4.90 Å². The molecule has 168 valence electrons. The fourth-order valence-electron chi connectivity index (χ4n) is 3.82. The SMILES string of the molecule is COc1cccc(N2C(=O)C(c3ccc(OCC(C)C)cc3)=C(N3CCOCC3)C2=O)c1. The minimum Gasteiger partial charge on any atom is -0.497 e. The summed E-state index contributed by atoms with van der Waals surface area (Å²) in [4.78, 5) is 30.3. The fraction of sp³-hybridized carbons (Fsp3) is 0.360. The molecule has 0 atom stereocenters. The Hall–Kier alpha value is -3.32. The summed E-state index contributed by atoms with van der Waals surface area (Å²) in [5.41, 5.74) is 1.98. The topological polar surface area (TPSA) is 68.3 Å². The van der Waals surface area contributed by atoms with Crippen LogP contribution in [0.3, 0.4) is 0 Å². The molecule has 2 aromatic rings. The maximum absolute atomic E-state index is 13.6. The van der Waals surface area contributed by atoms with Gasteiger partial charge in [0, 0.05) is 19.2 Å². The van der Waals surface area contributed by atoms with Crippen molar-refractivity contribution in [3.05, 3.63) is 59.8 Å². The number of carbonyl (C=O) groups excluding carboxylic acids is 2. The van der Waals surface area contributed by atoms with Gasteiger partial charge in [-0.1, -0.05) is 32.0 Å². The number of nitrogens with zero attached hydrogens (tertiary/aromatic N) is 2. The fourth-order valence-corrected chi connectivity index (χ4v) is 3.82. The quantitative estimate of drug-likeness (QED) is 0.620. The number of imide groups is 1. The highest BCUT2D eigenvalue weighted by molar-refractivity contribution is 6.45. The van der Waals surface area contributed by atoms with Crippen molar-refractivity contribution < 1.29 is 23.8 Å². The average Bonchev–Trinajstić information content (AvgIpc) is 3.08. The third-order valence-corrected chi connectivity index (χ3v) is 5.42. The van der Waals surface area contributed by atoms with Gasteiger partial charge in [0.05, 0.1) is 38.2 Å². The Morgan fingerprint density at radius 1 is 0.969 bits per heavy atom. The van der Waals surface area contributed by atoms with Crippen LogP contribution in [0.1, 0.15) is 19.4 Å². The molecule has 2 aromatic carbocycles. The number of hydrogen-bond acceptors (Lipinski definition) is 6. The van der Waals surface area contributed by atoms with E-state index in [-0.39, 0.29) is 11.8 Å². The van der Waals surface area contributed by atoms with Gasteiger partial charge < -0.3 is 19.1 Å². The first kappa shape index (κ1) is 21.9. The Morgan fingerprint density at radius 3 is 2.34 bits per heavy atom. The molecule has 2 aliphatic heterocycles. The summed E-state index contributed by atoms with van der Waals surface area (Å²) in [7, 11) is 1.55. The zero-order valence-corrected chi connectivity index (χ0v) is 18.7. The van der Waals surface area contributed by atoms with E-state index in [1.807, 2.05) is 29.2 Å². The zero-order valence-electron chi connectivity index (χ0n) is 18.7. The number of ether oxygens (including phenoxy) is 3. The van der Waals surface area contributed by atoms with E-state index >= 15 is 0 Å². The number of hydrogen-bond donors (Lipinski definition) is 0. The highest BCUT2D eigenvalue weighted by atomic mass is 16.5. The van der Waals surface area contributed by atoms with Crippen molar-refractivity contribution >= 4 is 23.1 Å². The molecule has 2 aliphatic rings. The molecule has 32 heavy (non-hydrogen) atoms. The molecule has 0 bridgehead atoms. The average molecular weight is 437 g/mol. The first-order valence-electron chi connectivity index (χ1n) is 10.8. The van der Waals surface area contributed by atoms with Gasteiger partial charge in [-0.25, -0.2) is 4.90 Å². The Labute approximate surface area is 188 Å². The minimum atomic E-state index is -0.347. The normalized spacial score (nSPS) is 16.9. The molecule has 2 heterocycles. The molecule has 1 saturated heterocycles. The van der Waals surface area contributed by atoms with Crippen LogP contribution < -0.4 is 14.4 Å². The van der Waals surface area contributed by atoms with E-state index in [0.29, 0.717) is 67.1 Å². The van der Waals surface area contributed by atoms with Gasteiger partial charge in [-0.2, -0.15) is 0 Å². The maximum atomic E-state index is 13.6. The predicted molar refractivity (Wildman–Crippen MR) is 122 cm³/mol. The predicted octanol–water partition coefficient (Wildman–Crippen LogP) is 3.35. The molecule has 0 aliphatic carbocycles. The van der Waals surface area contributed by atoms with Crippen LogP contribution in [-0.2, 0) is 14.3 Å². The monoisotopic (exact) mass is 436 g/mol. The molecule has 7 heteroatoms. The van der Waals surface area contributed by atoms with E-state index in [0.717, 1.165) is 5.75 Å². The summed E-state index contributed by atoms with van der Waals surface area (Å²) in [6.07, 6.45) is 0. The number of morpholine rings is 1. The van der Waals surface area contributed by atoms with Gasteiger partial charge >= 0.3 is 0 Å². The van der Waals surface area contributed by atoms with Crippen LogP contribution in [0.15, 0.2) is 54.2 Å². The summed E-state index contributed by atoms with van der Waals surface area (Å²) in [5.74, 6) is 1.05. The maximum Gasteiger partial charge on any atom is 0.282 e. The number of methoxy groups -OCH3 is 1. The lowest BCUT2D eigenvalue weighted by molar-refractivity contribution is -0.121. The Kier molecular flexibility index (Phi) is 6.46. The molecule has 0 radical (unpaired) electrons. The van der Waals surface area contributed by atoms with Crippen LogP contribution in [-0.4, -0.2) is 56.7 Å². The molecule has 0 spiro atoms. The van der Waals surface area contributed by atoms with Crippen molar-refractivity contribution in [1.29, 1.82) is 0 Å². The molecule has 0 unspecified atom stereocenters. The van der Waals surface area contributed by atoms with E-state index in [1.54, 1.807) is 31.4 Å².